The number of rotatable bonds is 4. The summed E-state index contributed by atoms with van der Waals surface area (Å²) in [5, 5.41) is 17.5. The lowest BCUT2D eigenvalue weighted by atomic mass is 9.78. The number of aromatic hydroxyl groups is 1. The van der Waals surface area contributed by atoms with Crippen LogP contribution in [0, 0.1) is 0 Å². The van der Waals surface area contributed by atoms with E-state index in [4.69, 9.17) is 0 Å². The van der Waals surface area contributed by atoms with Gasteiger partial charge in [0.25, 0.3) is 5.91 Å². The van der Waals surface area contributed by atoms with E-state index in [1.807, 2.05) is 53.7 Å². The van der Waals surface area contributed by atoms with Crippen LogP contribution in [0.2, 0.25) is 0 Å². The highest BCUT2D eigenvalue weighted by Gasteiger charge is 2.26. The summed E-state index contributed by atoms with van der Waals surface area (Å²) in [5.41, 5.74) is 5.38. The molecule has 0 unspecified atom stereocenters. The minimum atomic E-state index is -0.385. The van der Waals surface area contributed by atoms with Crippen molar-refractivity contribution in [1.82, 2.24) is 5.43 Å². The summed E-state index contributed by atoms with van der Waals surface area (Å²) in [4.78, 5) is 23.6. The topological polar surface area (TPSA) is 90.8 Å². The zero-order chi connectivity index (χ0) is 22.7. The molecule has 0 spiro atoms. The molecule has 2 aromatic carbocycles. The van der Waals surface area contributed by atoms with Crippen molar-refractivity contribution < 1.29 is 14.7 Å². The summed E-state index contributed by atoms with van der Waals surface area (Å²) in [5.74, 6) is -0.294. The minimum absolute atomic E-state index is 0.206. The van der Waals surface area contributed by atoms with Gasteiger partial charge in [0.2, 0.25) is 5.91 Å². The SMILES string of the molecule is CC(=O)Nc1cccc(C(=O)NN=Cc2cc(C(C)(C)C)c(O)c(C(C)(C)C)c2)c1. The summed E-state index contributed by atoms with van der Waals surface area (Å²) in [7, 11) is 0. The second-order valence-corrected chi connectivity index (χ2v) is 9.43. The summed E-state index contributed by atoms with van der Waals surface area (Å²) in [6, 6.07) is 10.4. The Kier molecular flexibility index (Phi) is 6.70. The molecule has 2 rings (SSSR count). The standard InChI is InChI=1S/C24H31N3O3/c1-15(28)26-18-10-8-9-17(13-18)22(30)27-25-14-16-11-19(23(2,3)4)21(29)20(12-16)24(5,6)7/h8-14,29H,1-7H3,(H,26,28)(H,27,30). The van der Waals surface area contributed by atoms with Crippen LogP contribution in [0.4, 0.5) is 5.69 Å². The van der Waals surface area contributed by atoms with Gasteiger partial charge in [-0.05, 0) is 46.7 Å². The van der Waals surface area contributed by atoms with Crippen molar-refractivity contribution in [2.75, 3.05) is 5.32 Å². The molecule has 0 fully saturated rings. The Morgan fingerprint density at radius 3 is 2.03 bits per heavy atom. The molecule has 0 aliphatic rings. The number of amides is 2. The second kappa shape index (κ2) is 8.69. The summed E-state index contributed by atoms with van der Waals surface area (Å²) in [6.45, 7) is 13.7. The maximum absolute atomic E-state index is 12.4. The molecule has 2 aromatic rings. The molecule has 0 aromatic heterocycles. The molecule has 2 amide bonds. The number of hydrazone groups is 1. The van der Waals surface area contributed by atoms with Crippen LogP contribution in [-0.2, 0) is 15.6 Å². The monoisotopic (exact) mass is 409 g/mol. The first kappa shape index (κ1) is 23.1. The van der Waals surface area contributed by atoms with Crippen molar-refractivity contribution >= 4 is 23.7 Å². The van der Waals surface area contributed by atoms with Gasteiger partial charge in [0.15, 0.2) is 0 Å². The van der Waals surface area contributed by atoms with Crippen LogP contribution < -0.4 is 10.7 Å². The van der Waals surface area contributed by atoms with Gasteiger partial charge in [-0.3, -0.25) is 9.59 Å². The van der Waals surface area contributed by atoms with Gasteiger partial charge in [-0.2, -0.15) is 5.10 Å². The van der Waals surface area contributed by atoms with E-state index in [1.165, 1.54) is 6.92 Å². The van der Waals surface area contributed by atoms with Gasteiger partial charge < -0.3 is 10.4 Å². The van der Waals surface area contributed by atoms with Crippen LogP contribution in [0.15, 0.2) is 41.5 Å². The van der Waals surface area contributed by atoms with E-state index in [0.717, 1.165) is 16.7 Å². The van der Waals surface area contributed by atoms with Crippen molar-refractivity contribution in [3.05, 3.63) is 58.7 Å². The average molecular weight is 410 g/mol. The van der Waals surface area contributed by atoms with E-state index in [1.54, 1.807) is 30.5 Å². The predicted molar refractivity (Wildman–Crippen MR) is 121 cm³/mol. The molecule has 0 saturated heterocycles. The summed E-state index contributed by atoms with van der Waals surface area (Å²) < 4.78 is 0. The third kappa shape index (κ3) is 5.92. The van der Waals surface area contributed by atoms with E-state index >= 15 is 0 Å². The van der Waals surface area contributed by atoms with Gasteiger partial charge >= 0.3 is 0 Å². The van der Waals surface area contributed by atoms with Crippen LogP contribution in [0.5, 0.6) is 5.75 Å². The number of nitrogens with one attached hydrogen (secondary N) is 2. The quantitative estimate of drug-likeness (QED) is 0.504. The van der Waals surface area contributed by atoms with Crippen LogP contribution in [0.3, 0.4) is 0 Å². The number of phenolic OH excluding ortho intramolecular Hbond substituents is 1. The summed E-state index contributed by atoms with van der Waals surface area (Å²) in [6.07, 6.45) is 1.57. The molecule has 160 valence electrons. The van der Waals surface area contributed by atoms with E-state index in [0.29, 0.717) is 17.0 Å². The highest BCUT2D eigenvalue weighted by molar-refractivity contribution is 5.97. The number of carbonyl (C=O) groups excluding carboxylic acids is 2. The van der Waals surface area contributed by atoms with Gasteiger partial charge in [-0.1, -0.05) is 47.6 Å². The van der Waals surface area contributed by atoms with Crippen molar-refractivity contribution in [2.45, 2.75) is 59.3 Å². The van der Waals surface area contributed by atoms with Crippen LogP contribution in [0.1, 0.15) is 75.5 Å². The molecular formula is C24H31N3O3. The number of benzene rings is 2. The van der Waals surface area contributed by atoms with Crippen molar-refractivity contribution in [2.24, 2.45) is 5.10 Å². The van der Waals surface area contributed by atoms with E-state index in [2.05, 4.69) is 15.8 Å². The van der Waals surface area contributed by atoms with Crippen LogP contribution in [-0.4, -0.2) is 23.1 Å². The second-order valence-electron chi connectivity index (χ2n) is 9.43. The Morgan fingerprint density at radius 1 is 0.967 bits per heavy atom. The van der Waals surface area contributed by atoms with E-state index < -0.39 is 0 Å². The number of hydrogen-bond donors (Lipinski definition) is 3. The highest BCUT2D eigenvalue weighted by Crippen LogP contribution is 2.39. The first-order chi connectivity index (χ1) is 13.8. The Labute approximate surface area is 178 Å². The highest BCUT2D eigenvalue weighted by atomic mass is 16.3. The molecule has 6 heteroatoms. The van der Waals surface area contributed by atoms with Crippen molar-refractivity contribution in [3.8, 4) is 5.75 Å². The molecule has 6 nitrogen and oxygen atoms in total. The number of hydrogen-bond acceptors (Lipinski definition) is 4. The smallest absolute Gasteiger partial charge is 0.271 e. The maximum atomic E-state index is 12.4. The zero-order valence-corrected chi connectivity index (χ0v) is 18.8. The molecule has 0 atom stereocenters. The van der Waals surface area contributed by atoms with Gasteiger partial charge in [-0.15, -0.1) is 0 Å². The molecular weight excluding hydrogens is 378 g/mol. The molecule has 0 radical (unpaired) electrons. The molecule has 0 saturated carbocycles. The first-order valence-electron chi connectivity index (χ1n) is 9.88. The van der Waals surface area contributed by atoms with Gasteiger partial charge in [0.05, 0.1) is 6.21 Å². The maximum Gasteiger partial charge on any atom is 0.271 e. The van der Waals surface area contributed by atoms with Crippen LogP contribution in [0.25, 0.3) is 0 Å². The van der Waals surface area contributed by atoms with E-state index in [-0.39, 0.29) is 22.6 Å². The average Bonchev–Trinajstić information content (AvgIpc) is 2.60. The first-order valence-corrected chi connectivity index (χ1v) is 9.88. The zero-order valence-electron chi connectivity index (χ0n) is 18.8. The fraction of sp³-hybridized carbons (Fsp3) is 0.375. The third-order valence-electron chi connectivity index (χ3n) is 4.57. The molecule has 0 aliphatic carbocycles. The van der Waals surface area contributed by atoms with Gasteiger partial charge in [0, 0.05) is 29.3 Å². The van der Waals surface area contributed by atoms with Crippen LogP contribution >= 0.6 is 0 Å². The van der Waals surface area contributed by atoms with Crippen molar-refractivity contribution in [1.29, 1.82) is 0 Å². The fourth-order valence-electron chi connectivity index (χ4n) is 3.05. The molecule has 3 N–H and O–H groups in total. The minimum Gasteiger partial charge on any atom is -0.507 e. The van der Waals surface area contributed by atoms with E-state index in [9.17, 15) is 14.7 Å². The lowest BCUT2D eigenvalue weighted by Crippen LogP contribution is -2.19. The number of anilines is 1. The van der Waals surface area contributed by atoms with Gasteiger partial charge in [0.1, 0.15) is 5.75 Å². The number of carbonyl (C=O) groups is 2. The van der Waals surface area contributed by atoms with Gasteiger partial charge in [-0.25, -0.2) is 5.43 Å². The van der Waals surface area contributed by atoms with Crippen molar-refractivity contribution in [3.63, 3.8) is 0 Å². The summed E-state index contributed by atoms with van der Waals surface area (Å²) >= 11 is 0. The largest absolute Gasteiger partial charge is 0.507 e. The third-order valence-corrected chi connectivity index (χ3v) is 4.57. The molecule has 0 bridgehead atoms. The number of phenols is 1. The molecule has 30 heavy (non-hydrogen) atoms. The Bertz CT molecular complexity index is 945. The Hall–Kier alpha value is -3.15. The fourth-order valence-corrected chi connectivity index (χ4v) is 3.05. The lowest BCUT2D eigenvalue weighted by Gasteiger charge is -2.27. The normalized spacial score (nSPS) is 12.1. The molecule has 0 aliphatic heterocycles. The molecule has 0 heterocycles. The Morgan fingerprint density at radius 2 is 1.53 bits per heavy atom. The Balaban J connectivity index is 2.28. The lowest BCUT2D eigenvalue weighted by molar-refractivity contribution is -0.114. The number of nitrogens with zero attached hydrogens (tertiary/aromatic N) is 1. The predicted octanol–water partition coefficient (Wildman–Crippen LogP) is 4.71.